The first-order valence-corrected chi connectivity index (χ1v) is 7.57. The summed E-state index contributed by atoms with van der Waals surface area (Å²) in [7, 11) is 0. The maximum atomic E-state index is 8.58. The van der Waals surface area contributed by atoms with Crippen LogP contribution in [-0.4, -0.2) is 11.0 Å². The minimum atomic E-state index is -4.08. The van der Waals surface area contributed by atoms with Crippen LogP contribution in [0.3, 0.4) is 0 Å². The van der Waals surface area contributed by atoms with Gasteiger partial charge in [0.05, 0.1) is 0 Å². The van der Waals surface area contributed by atoms with E-state index in [4.69, 9.17) is 32.1 Å². The average molecular weight is 435 g/mol. The third kappa shape index (κ3) is 740. The molecular weight excluding hydrogens is 431 g/mol. The topological polar surface area (TPSA) is 253 Å². The van der Waals surface area contributed by atoms with Gasteiger partial charge in [0.1, 0.15) is 0 Å². The minimum absolute atomic E-state index is 0. The van der Waals surface area contributed by atoms with E-state index >= 15 is 0 Å². The van der Waals surface area contributed by atoms with Crippen LogP contribution in [0.5, 0.6) is 0 Å². The van der Waals surface area contributed by atoms with Crippen molar-refractivity contribution in [2.75, 3.05) is 0 Å². The molecule has 0 saturated heterocycles. The van der Waals surface area contributed by atoms with E-state index in [0.717, 1.165) is 0 Å². The van der Waals surface area contributed by atoms with E-state index in [-0.39, 0.29) is 45.1 Å². The van der Waals surface area contributed by atoms with E-state index in [1.54, 1.807) is 0 Å². The summed E-state index contributed by atoms with van der Waals surface area (Å²) in [5.41, 5.74) is 0. The van der Waals surface area contributed by atoms with Crippen molar-refractivity contribution in [1.29, 1.82) is 0 Å². The second kappa shape index (κ2) is 36.0. The Balaban J connectivity index is -0.0000000135. The third-order valence-corrected chi connectivity index (χ3v) is 0. The Morgan fingerprint density at radius 2 is 0.500 bits per heavy atom. The molecular formula is H4Fe2O11Ti3. The third-order valence-electron chi connectivity index (χ3n) is 0. The van der Waals surface area contributed by atoms with E-state index in [0.29, 0.717) is 0 Å². The van der Waals surface area contributed by atoms with Gasteiger partial charge in [0.15, 0.2) is 0 Å². The molecule has 0 aromatic rings. The summed E-state index contributed by atoms with van der Waals surface area (Å²) in [4.78, 5) is 0. The van der Waals surface area contributed by atoms with Gasteiger partial charge in [0.2, 0.25) is 0 Å². The first kappa shape index (κ1) is 42.9. The van der Waals surface area contributed by atoms with Crippen molar-refractivity contribution >= 4 is 0 Å². The number of hydrogen-bond acceptors (Lipinski definition) is 9. The Bertz CT molecular complexity index is 117. The first-order valence-electron chi connectivity index (χ1n) is 1.84. The summed E-state index contributed by atoms with van der Waals surface area (Å²) >= 11 is -12.2. The zero-order valence-electron chi connectivity index (χ0n) is 6.88. The molecule has 0 aromatic carbocycles. The molecule has 2 radical (unpaired) electrons. The summed E-state index contributed by atoms with van der Waals surface area (Å²) in [5.74, 6) is 0. The van der Waals surface area contributed by atoms with E-state index < -0.39 is 55.8 Å². The van der Waals surface area contributed by atoms with Crippen LogP contribution in [-0.2, 0) is 100.0 Å². The predicted octanol–water partition coefficient (Wildman–Crippen LogP) is -9.15. The molecule has 0 amide bonds. The SMILES string of the molecule is O.O.[Fe+3].[Fe+3].[O]=[Ti]([O-])[O-].[O]=[Ti]([O-])[O-].[O]=[Ti]([O-])[O-]. The molecule has 0 heterocycles. The molecule has 0 saturated carbocycles. The molecule has 0 aliphatic heterocycles. The van der Waals surface area contributed by atoms with Crippen LogP contribution in [0.25, 0.3) is 0 Å². The van der Waals surface area contributed by atoms with Crippen LogP contribution >= 0.6 is 0 Å². The van der Waals surface area contributed by atoms with Gasteiger partial charge in [-0.25, -0.2) is 0 Å². The van der Waals surface area contributed by atoms with E-state index in [1.807, 2.05) is 0 Å². The molecule has 16 heteroatoms. The van der Waals surface area contributed by atoms with Gasteiger partial charge in [-0.3, -0.25) is 0 Å². The molecule has 4 N–H and O–H groups in total. The van der Waals surface area contributed by atoms with Gasteiger partial charge in [-0.05, 0) is 0 Å². The standard InChI is InChI=1S/2Fe.2H2O.9O.3Ti/h;;2*1H2;;;;;;;;;;;;/q2*+3;;;;;;6*-1;;;. The van der Waals surface area contributed by atoms with Gasteiger partial charge in [-0.1, -0.05) is 0 Å². The van der Waals surface area contributed by atoms with Crippen molar-refractivity contribution in [2.24, 2.45) is 0 Å². The molecule has 0 unspecified atom stereocenters. The monoisotopic (exact) mass is 436 g/mol. The fourth-order valence-electron chi connectivity index (χ4n) is 0. The van der Waals surface area contributed by atoms with Crippen molar-refractivity contribution in [3.8, 4) is 0 Å². The summed E-state index contributed by atoms with van der Waals surface area (Å²) in [6.07, 6.45) is 0. The maximum absolute atomic E-state index is 8.58. The number of hydrogen-bond donors (Lipinski definition) is 0. The molecule has 11 nitrogen and oxygen atoms in total. The Morgan fingerprint density at radius 3 is 0.500 bits per heavy atom. The zero-order chi connectivity index (χ0) is 10.7. The van der Waals surface area contributed by atoms with Crippen LogP contribution < -0.4 is 22.1 Å². The Hall–Kier alpha value is 2.26. The van der Waals surface area contributed by atoms with Crippen molar-refractivity contribution < 1.29 is 133 Å². The van der Waals surface area contributed by atoms with Crippen LogP contribution in [0.1, 0.15) is 0 Å². The Kier molecular flexibility index (Phi) is 96.5. The normalized spacial score (nSPS) is 4.88. The first-order chi connectivity index (χ1) is 5.20. The van der Waals surface area contributed by atoms with Gasteiger partial charge in [-0.2, -0.15) is 0 Å². The quantitative estimate of drug-likeness (QED) is 0.327. The van der Waals surface area contributed by atoms with Crippen molar-refractivity contribution in [3.05, 3.63) is 0 Å². The summed E-state index contributed by atoms with van der Waals surface area (Å²) in [6.45, 7) is 0. The van der Waals surface area contributed by atoms with Crippen LogP contribution in [0, 0.1) is 0 Å². The number of rotatable bonds is 0. The molecule has 0 fully saturated rings. The fourth-order valence-corrected chi connectivity index (χ4v) is 0. The van der Waals surface area contributed by atoms with Gasteiger partial charge in [-0.15, -0.1) is 0 Å². The van der Waals surface area contributed by atoms with E-state index in [1.165, 1.54) is 0 Å². The van der Waals surface area contributed by atoms with Crippen LogP contribution in [0.15, 0.2) is 0 Å². The molecule has 0 atom stereocenters. The second-order valence-corrected chi connectivity index (χ2v) is 3.09. The van der Waals surface area contributed by atoms with Gasteiger partial charge < -0.3 is 11.0 Å². The van der Waals surface area contributed by atoms with Crippen molar-refractivity contribution in [1.82, 2.24) is 0 Å². The zero-order valence-corrected chi connectivity index (χ0v) is 13.8. The van der Waals surface area contributed by atoms with E-state index in [9.17, 15) is 0 Å². The summed E-state index contributed by atoms with van der Waals surface area (Å²) < 4.78 is 77.2. The fraction of sp³-hybridized carbons (Fsp3) is 0. The average Bonchev–Trinajstić information content (AvgIpc) is 1.54. The second-order valence-electron chi connectivity index (χ2n) is 0.750. The van der Waals surface area contributed by atoms with Crippen molar-refractivity contribution in [2.45, 2.75) is 0 Å². The molecule has 16 heavy (non-hydrogen) atoms. The summed E-state index contributed by atoms with van der Waals surface area (Å²) in [6, 6.07) is 0. The molecule has 0 rings (SSSR count). The molecule has 0 aliphatic carbocycles. The predicted molar refractivity (Wildman–Crippen MR) is 9.29 cm³/mol. The Labute approximate surface area is 131 Å². The molecule has 98 valence electrons. The molecule has 0 bridgehead atoms. The van der Waals surface area contributed by atoms with Gasteiger partial charge in [0.25, 0.3) is 0 Å². The van der Waals surface area contributed by atoms with E-state index in [2.05, 4.69) is 0 Å². The van der Waals surface area contributed by atoms with Crippen molar-refractivity contribution in [3.63, 3.8) is 0 Å². The molecule has 0 spiro atoms. The van der Waals surface area contributed by atoms with Gasteiger partial charge in [0, 0.05) is 0 Å². The van der Waals surface area contributed by atoms with Crippen LogP contribution in [0.2, 0.25) is 0 Å². The van der Waals surface area contributed by atoms with Gasteiger partial charge >= 0.3 is 122 Å². The molecule has 0 aliphatic rings. The Morgan fingerprint density at radius 1 is 0.500 bits per heavy atom. The molecule has 0 aromatic heterocycles. The van der Waals surface area contributed by atoms with Crippen LogP contribution in [0.4, 0.5) is 0 Å². The summed E-state index contributed by atoms with van der Waals surface area (Å²) in [5, 5.41) is 0.